The summed E-state index contributed by atoms with van der Waals surface area (Å²) in [6.07, 6.45) is 3.61. The molecular formula is C23H28O4. The van der Waals surface area contributed by atoms with Gasteiger partial charge in [-0.2, -0.15) is 0 Å². The largest absolute Gasteiger partial charge is 0.461 e. The fraction of sp³-hybridized carbons (Fsp3) is 0.391. The molecule has 0 aliphatic heterocycles. The molecule has 2 aromatic carbocycles. The van der Waals surface area contributed by atoms with E-state index in [1.54, 1.807) is 24.3 Å². The topological polar surface area (TPSA) is 52.6 Å². The van der Waals surface area contributed by atoms with E-state index < -0.39 is 0 Å². The zero-order chi connectivity index (χ0) is 19.5. The van der Waals surface area contributed by atoms with E-state index in [1.165, 1.54) is 0 Å². The summed E-state index contributed by atoms with van der Waals surface area (Å²) in [5.41, 5.74) is 0.684. The van der Waals surface area contributed by atoms with E-state index in [0.29, 0.717) is 11.1 Å². The van der Waals surface area contributed by atoms with Crippen LogP contribution in [0.15, 0.2) is 60.7 Å². The second-order valence-corrected chi connectivity index (χ2v) is 6.84. The van der Waals surface area contributed by atoms with E-state index in [0.717, 1.165) is 25.7 Å². The second kappa shape index (κ2) is 10.5. The standard InChI is InChI=1S/C23H28O4/c1-3-5-16-23(4-2,17-26-21(24)19-12-8-6-9-13-19)18-27-22(25)20-14-10-7-11-15-20/h6-15H,3-5,16-18H2,1-2H3. The molecule has 0 aromatic heterocycles. The van der Waals surface area contributed by atoms with E-state index >= 15 is 0 Å². The molecule has 0 N–H and O–H groups in total. The Bertz CT molecular complexity index is 654. The number of hydrogen-bond acceptors (Lipinski definition) is 4. The number of benzene rings is 2. The highest BCUT2D eigenvalue weighted by molar-refractivity contribution is 5.89. The smallest absolute Gasteiger partial charge is 0.338 e. The monoisotopic (exact) mass is 368 g/mol. The molecule has 144 valence electrons. The third-order valence-corrected chi connectivity index (χ3v) is 4.85. The Hall–Kier alpha value is -2.62. The van der Waals surface area contributed by atoms with Crippen LogP contribution in [0.1, 0.15) is 60.2 Å². The van der Waals surface area contributed by atoms with Gasteiger partial charge in [0, 0.05) is 5.41 Å². The Labute approximate surface area is 161 Å². The first-order chi connectivity index (χ1) is 13.1. The first kappa shape index (κ1) is 20.7. The molecule has 27 heavy (non-hydrogen) atoms. The van der Waals surface area contributed by atoms with Gasteiger partial charge in [0.2, 0.25) is 0 Å². The van der Waals surface area contributed by atoms with Crippen LogP contribution in [0.5, 0.6) is 0 Å². The summed E-state index contributed by atoms with van der Waals surface area (Å²) in [4.78, 5) is 24.6. The van der Waals surface area contributed by atoms with Gasteiger partial charge in [0.25, 0.3) is 0 Å². The van der Waals surface area contributed by atoms with Crippen molar-refractivity contribution in [2.75, 3.05) is 13.2 Å². The summed E-state index contributed by atoms with van der Waals surface area (Å²) >= 11 is 0. The van der Waals surface area contributed by atoms with Crippen molar-refractivity contribution in [3.05, 3.63) is 71.8 Å². The molecule has 0 heterocycles. The summed E-state index contributed by atoms with van der Waals surface area (Å²) in [5.74, 6) is -0.696. The zero-order valence-corrected chi connectivity index (χ0v) is 16.1. The van der Waals surface area contributed by atoms with E-state index in [2.05, 4.69) is 6.92 Å². The number of carbonyl (C=O) groups is 2. The van der Waals surface area contributed by atoms with Crippen molar-refractivity contribution in [2.24, 2.45) is 5.41 Å². The Morgan fingerprint density at radius 3 is 1.59 bits per heavy atom. The molecule has 0 amide bonds. The van der Waals surface area contributed by atoms with Gasteiger partial charge in [-0.05, 0) is 37.1 Å². The van der Waals surface area contributed by atoms with Crippen LogP contribution < -0.4 is 0 Å². The van der Waals surface area contributed by atoms with Crippen molar-refractivity contribution >= 4 is 11.9 Å². The predicted octanol–water partition coefficient (Wildman–Crippen LogP) is 5.29. The number of esters is 2. The van der Waals surface area contributed by atoms with Crippen LogP contribution in [0, 0.1) is 5.41 Å². The summed E-state index contributed by atoms with van der Waals surface area (Å²) in [7, 11) is 0. The summed E-state index contributed by atoms with van der Waals surface area (Å²) in [6.45, 7) is 4.63. The molecule has 4 heteroatoms. The molecule has 0 atom stereocenters. The van der Waals surface area contributed by atoms with Gasteiger partial charge in [-0.25, -0.2) is 9.59 Å². The maximum absolute atomic E-state index is 12.3. The quantitative estimate of drug-likeness (QED) is 0.535. The first-order valence-corrected chi connectivity index (χ1v) is 9.54. The Kier molecular flexibility index (Phi) is 8.05. The lowest BCUT2D eigenvalue weighted by Crippen LogP contribution is -2.34. The van der Waals surface area contributed by atoms with E-state index in [1.807, 2.05) is 43.3 Å². The fourth-order valence-corrected chi connectivity index (χ4v) is 2.87. The number of hydrogen-bond donors (Lipinski definition) is 0. The number of unbranched alkanes of at least 4 members (excludes halogenated alkanes) is 1. The van der Waals surface area contributed by atoms with E-state index in [-0.39, 0.29) is 30.6 Å². The molecule has 0 aliphatic rings. The highest BCUT2D eigenvalue weighted by atomic mass is 16.5. The summed E-state index contributed by atoms with van der Waals surface area (Å²) in [5, 5.41) is 0. The average molecular weight is 368 g/mol. The normalized spacial score (nSPS) is 11.0. The maximum atomic E-state index is 12.3. The van der Waals surface area contributed by atoms with Crippen molar-refractivity contribution in [3.63, 3.8) is 0 Å². The van der Waals surface area contributed by atoms with Crippen molar-refractivity contribution in [2.45, 2.75) is 39.5 Å². The van der Waals surface area contributed by atoms with Crippen LogP contribution in [0.4, 0.5) is 0 Å². The third kappa shape index (κ3) is 6.24. The van der Waals surface area contributed by atoms with E-state index in [4.69, 9.17) is 9.47 Å². The molecule has 0 bridgehead atoms. The molecule has 0 aliphatic carbocycles. The van der Waals surface area contributed by atoms with Crippen LogP contribution in [0.25, 0.3) is 0 Å². The second-order valence-electron chi connectivity index (χ2n) is 6.84. The van der Waals surface area contributed by atoms with Crippen molar-refractivity contribution < 1.29 is 19.1 Å². The molecule has 0 saturated carbocycles. The Morgan fingerprint density at radius 1 is 0.778 bits per heavy atom. The minimum Gasteiger partial charge on any atom is -0.461 e. The van der Waals surface area contributed by atoms with E-state index in [9.17, 15) is 9.59 Å². The Balaban J connectivity index is 2.02. The van der Waals surface area contributed by atoms with Crippen molar-refractivity contribution in [1.29, 1.82) is 0 Å². The highest BCUT2D eigenvalue weighted by Crippen LogP contribution is 2.30. The third-order valence-electron chi connectivity index (χ3n) is 4.85. The molecule has 0 fully saturated rings. The van der Waals surface area contributed by atoms with Crippen molar-refractivity contribution in [3.8, 4) is 0 Å². The van der Waals surface area contributed by atoms with Crippen LogP contribution in [-0.2, 0) is 9.47 Å². The van der Waals surface area contributed by atoms with Crippen LogP contribution >= 0.6 is 0 Å². The molecule has 0 spiro atoms. The zero-order valence-electron chi connectivity index (χ0n) is 16.1. The molecule has 4 nitrogen and oxygen atoms in total. The Morgan fingerprint density at radius 2 is 1.22 bits per heavy atom. The molecular weight excluding hydrogens is 340 g/mol. The van der Waals surface area contributed by atoms with Gasteiger partial charge in [-0.1, -0.05) is 63.1 Å². The number of ether oxygens (including phenoxy) is 2. The SMILES string of the molecule is CCCCC(CC)(COC(=O)c1ccccc1)COC(=O)c1ccccc1. The van der Waals surface area contributed by atoms with Gasteiger partial charge < -0.3 is 9.47 Å². The minimum atomic E-state index is -0.370. The first-order valence-electron chi connectivity index (χ1n) is 9.54. The molecule has 2 aromatic rings. The van der Waals surface area contributed by atoms with Crippen LogP contribution in [0.3, 0.4) is 0 Å². The molecule has 2 rings (SSSR count). The van der Waals surface area contributed by atoms with Gasteiger partial charge in [-0.3, -0.25) is 0 Å². The van der Waals surface area contributed by atoms with Crippen LogP contribution in [-0.4, -0.2) is 25.2 Å². The lowest BCUT2D eigenvalue weighted by atomic mass is 9.81. The summed E-state index contributed by atoms with van der Waals surface area (Å²) in [6, 6.07) is 17.9. The van der Waals surface area contributed by atoms with Gasteiger partial charge in [0.05, 0.1) is 11.1 Å². The number of rotatable bonds is 10. The van der Waals surface area contributed by atoms with Gasteiger partial charge >= 0.3 is 11.9 Å². The van der Waals surface area contributed by atoms with Crippen LogP contribution in [0.2, 0.25) is 0 Å². The minimum absolute atomic E-state index is 0.235. The number of carbonyl (C=O) groups excluding carboxylic acids is 2. The highest BCUT2D eigenvalue weighted by Gasteiger charge is 2.32. The lowest BCUT2D eigenvalue weighted by molar-refractivity contribution is -0.0111. The fourth-order valence-electron chi connectivity index (χ4n) is 2.87. The molecule has 0 saturated heterocycles. The molecule has 0 unspecified atom stereocenters. The van der Waals surface area contributed by atoms with Crippen molar-refractivity contribution in [1.82, 2.24) is 0 Å². The summed E-state index contributed by atoms with van der Waals surface area (Å²) < 4.78 is 11.2. The molecule has 0 radical (unpaired) electrons. The lowest BCUT2D eigenvalue weighted by Gasteiger charge is -2.31. The van der Waals surface area contributed by atoms with Gasteiger partial charge in [0.1, 0.15) is 13.2 Å². The van der Waals surface area contributed by atoms with Gasteiger partial charge in [0.15, 0.2) is 0 Å². The maximum Gasteiger partial charge on any atom is 0.338 e. The average Bonchev–Trinajstić information content (AvgIpc) is 2.74. The predicted molar refractivity (Wildman–Crippen MR) is 106 cm³/mol. The van der Waals surface area contributed by atoms with Gasteiger partial charge in [-0.15, -0.1) is 0 Å².